The molecule has 1 saturated heterocycles. The maximum absolute atomic E-state index is 12.9. The van der Waals surface area contributed by atoms with Crippen LogP contribution in [-0.2, 0) is 19.9 Å². The lowest BCUT2D eigenvalue weighted by molar-refractivity contribution is -0.152. The van der Waals surface area contributed by atoms with E-state index in [0.717, 1.165) is 0 Å². The summed E-state index contributed by atoms with van der Waals surface area (Å²) in [6.45, 7) is 1.30. The standard InChI is InChI=1S/C27H25N5O6/c1-16(17-6-5-9-19(12-17)37-18-7-3-2-4-8-18)26(35)36-13-21-23(33)24(34)27(14-28,38-21)22-11-10-20-25(29)30-15-31-32(20)22/h2-12,15-16,21,23-24,33-34H,13H2,1H3,(H2,29,30,31)/t16?,21-,23-,24-,27+/m1/s1. The first-order chi connectivity index (χ1) is 18.3. The van der Waals surface area contributed by atoms with Crippen LogP contribution >= 0.6 is 0 Å². The van der Waals surface area contributed by atoms with Gasteiger partial charge < -0.3 is 30.2 Å². The number of carbonyl (C=O) groups excluding carboxylic acids is 1. The monoisotopic (exact) mass is 515 g/mol. The minimum Gasteiger partial charge on any atom is -0.462 e. The number of aromatic nitrogens is 3. The summed E-state index contributed by atoms with van der Waals surface area (Å²) in [4.78, 5) is 16.8. The first kappa shape index (κ1) is 25.2. The molecule has 4 N–H and O–H groups in total. The molecule has 4 aromatic rings. The van der Waals surface area contributed by atoms with Gasteiger partial charge in [0.15, 0.2) is 5.82 Å². The second-order valence-electron chi connectivity index (χ2n) is 8.94. The van der Waals surface area contributed by atoms with Gasteiger partial charge in [-0.15, -0.1) is 0 Å². The van der Waals surface area contributed by atoms with Gasteiger partial charge in [-0.05, 0) is 48.9 Å². The Morgan fingerprint density at radius 2 is 1.95 bits per heavy atom. The number of para-hydroxylation sites is 1. The van der Waals surface area contributed by atoms with Gasteiger partial charge in [0, 0.05) is 0 Å². The predicted molar refractivity (Wildman–Crippen MR) is 134 cm³/mol. The number of rotatable bonds is 7. The van der Waals surface area contributed by atoms with Gasteiger partial charge in [-0.25, -0.2) is 9.50 Å². The van der Waals surface area contributed by atoms with Gasteiger partial charge in [0.1, 0.15) is 54.3 Å². The summed E-state index contributed by atoms with van der Waals surface area (Å²) in [5.74, 6) is 0.165. The van der Waals surface area contributed by atoms with Crippen molar-refractivity contribution >= 4 is 17.3 Å². The fourth-order valence-electron chi connectivity index (χ4n) is 4.45. The number of ether oxygens (including phenoxy) is 3. The topological polar surface area (TPSA) is 165 Å². The number of nitrogen functional groups attached to an aromatic ring is 1. The highest BCUT2D eigenvalue weighted by atomic mass is 16.6. The first-order valence-corrected chi connectivity index (χ1v) is 11.9. The minimum absolute atomic E-state index is 0.160. The Hall–Kier alpha value is -4.50. The molecule has 5 atom stereocenters. The molecular weight excluding hydrogens is 490 g/mol. The van der Waals surface area contributed by atoms with E-state index in [1.54, 1.807) is 37.3 Å². The molecule has 0 radical (unpaired) electrons. The average Bonchev–Trinajstić information content (AvgIpc) is 3.48. The van der Waals surface area contributed by atoms with Gasteiger partial charge in [0.25, 0.3) is 0 Å². The molecule has 0 saturated carbocycles. The van der Waals surface area contributed by atoms with Crippen LogP contribution in [0.25, 0.3) is 5.52 Å². The molecule has 0 spiro atoms. The van der Waals surface area contributed by atoms with E-state index < -0.39 is 35.8 Å². The van der Waals surface area contributed by atoms with E-state index in [2.05, 4.69) is 10.1 Å². The van der Waals surface area contributed by atoms with Crippen molar-refractivity contribution in [2.24, 2.45) is 0 Å². The van der Waals surface area contributed by atoms with Crippen molar-refractivity contribution < 1.29 is 29.2 Å². The minimum atomic E-state index is -1.97. The number of hydrogen-bond donors (Lipinski definition) is 3. The van der Waals surface area contributed by atoms with Crippen molar-refractivity contribution in [3.8, 4) is 17.6 Å². The summed E-state index contributed by atoms with van der Waals surface area (Å²) in [6, 6.07) is 21.4. The molecule has 1 aliphatic heterocycles. The Kier molecular flexibility index (Phi) is 6.69. The van der Waals surface area contributed by atoms with Crippen LogP contribution in [0.15, 0.2) is 73.1 Å². The molecule has 2 aromatic carbocycles. The fraction of sp³-hybridized carbons (Fsp3) is 0.259. The number of esters is 1. The Balaban J connectivity index is 1.28. The smallest absolute Gasteiger partial charge is 0.313 e. The highest BCUT2D eigenvalue weighted by molar-refractivity contribution is 5.78. The third kappa shape index (κ3) is 4.41. The third-order valence-corrected chi connectivity index (χ3v) is 6.57. The third-order valence-electron chi connectivity index (χ3n) is 6.57. The quantitative estimate of drug-likeness (QED) is 0.311. The molecular formula is C27H25N5O6. The molecule has 3 heterocycles. The van der Waals surface area contributed by atoms with Gasteiger partial charge in [0.05, 0.1) is 11.6 Å². The van der Waals surface area contributed by atoms with Crippen LogP contribution in [0, 0.1) is 11.3 Å². The molecule has 194 valence electrons. The zero-order chi connectivity index (χ0) is 26.9. The summed E-state index contributed by atoms with van der Waals surface area (Å²) in [5, 5.41) is 35.6. The van der Waals surface area contributed by atoms with E-state index in [0.29, 0.717) is 22.6 Å². The van der Waals surface area contributed by atoms with Crippen molar-refractivity contribution in [2.75, 3.05) is 12.3 Å². The van der Waals surface area contributed by atoms with Gasteiger partial charge in [-0.2, -0.15) is 10.4 Å². The highest BCUT2D eigenvalue weighted by Crippen LogP contribution is 2.40. The number of fused-ring (bicyclic) bond motifs is 1. The molecule has 1 aliphatic rings. The second kappa shape index (κ2) is 10.1. The van der Waals surface area contributed by atoms with Gasteiger partial charge in [0.2, 0.25) is 5.60 Å². The molecule has 11 nitrogen and oxygen atoms in total. The summed E-state index contributed by atoms with van der Waals surface area (Å²) < 4.78 is 18.5. The van der Waals surface area contributed by atoms with Crippen molar-refractivity contribution in [3.05, 3.63) is 84.3 Å². The average molecular weight is 516 g/mol. The van der Waals surface area contributed by atoms with Crippen LogP contribution < -0.4 is 10.5 Å². The first-order valence-electron chi connectivity index (χ1n) is 11.9. The normalized spacial score (nSPS) is 23.6. The number of nitrogens with two attached hydrogens (primary N) is 1. The summed E-state index contributed by atoms with van der Waals surface area (Å²) in [5.41, 5.74) is 5.13. The van der Waals surface area contributed by atoms with Gasteiger partial charge in [-0.3, -0.25) is 4.79 Å². The lowest BCUT2D eigenvalue weighted by Crippen LogP contribution is -2.41. The van der Waals surface area contributed by atoms with E-state index in [-0.39, 0.29) is 18.1 Å². The number of benzene rings is 2. The number of carbonyl (C=O) groups is 1. The van der Waals surface area contributed by atoms with Crippen molar-refractivity contribution in [2.45, 2.75) is 36.8 Å². The number of aliphatic hydroxyl groups is 2. The van der Waals surface area contributed by atoms with Crippen LogP contribution in [0.5, 0.6) is 11.5 Å². The summed E-state index contributed by atoms with van der Waals surface area (Å²) >= 11 is 0. The maximum Gasteiger partial charge on any atom is 0.313 e. The number of aliphatic hydroxyl groups excluding tert-OH is 2. The molecule has 11 heteroatoms. The number of anilines is 1. The van der Waals surface area contributed by atoms with Crippen molar-refractivity contribution in [1.82, 2.24) is 14.6 Å². The predicted octanol–water partition coefficient (Wildman–Crippen LogP) is 2.29. The van der Waals surface area contributed by atoms with Crippen LogP contribution in [0.1, 0.15) is 24.1 Å². The maximum atomic E-state index is 12.9. The van der Waals surface area contributed by atoms with Crippen LogP contribution in [0.4, 0.5) is 5.82 Å². The SMILES string of the molecule is CC(C(=O)OC[C@H]1O[C@@](C#N)(c2ccc3c(N)ncnn23)[C@H](O)[C@@H]1O)c1cccc(Oc2ccccc2)c1. The molecule has 5 rings (SSSR count). The Morgan fingerprint density at radius 1 is 1.18 bits per heavy atom. The molecule has 0 bridgehead atoms. The van der Waals surface area contributed by atoms with Crippen molar-refractivity contribution in [1.29, 1.82) is 5.26 Å². The van der Waals surface area contributed by atoms with E-state index in [1.807, 2.05) is 36.4 Å². The molecule has 0 amide bonds. The molecule has 38 heavy (non-hydrogen) atoms. The number of nitrogens with zero attached hydrogens (tertiary/aromatic N) is 4. The molecule has 0 aliphatic carbocycles. The summed E-state index contributed by atoms with van der Waals surface area (Å²) in [7, 11) is 0. The number of nitriles is 1. The van der Waals surface area contributed by atoms with Crippen LogP contribution in [0.2, 0.25) is 0 Å². The van der Waals surface area contributed by atoms with E-state index >= 15 is 0 Å². The largest absolute Gasteiger partial charge is 0.462 e. The van der Waals surface area contributed by atoms with E-state index in [1.165, 1.54) is 16.9 Å². The molecule has 1 fully saturated rings. The Bertz CT molecular complexity index is 1500. The molecule has 1 unspecified atom stereocenters. The zero-order valence-electron chi connectivity index (χ0n) is 20.3. The zero-order valence-corrected chi connectivity index (χ0v) is 20.3. The molecule has 2 aromatic heterocycles. The van der Waals surface area contributed by atoms with E-state index in [4.69, 9.17) is 19.9 Å². The number of hydrogen-bond acceptors (Lipinski definition) is 10. The lowest BCUT2D eigenvalue weighted by atomic mass is 9.92. The van der Waals surface area contributed by atoms with Gasteiger partial charge >= 0.3 is 5.97 Å². The lowest BCUT2D eigenvalue weighted by Gasteiger charge is -2.24. The summed E-state index contributed by atoms with van der Waals surface area (Å²) in [6.07, 6.45) is -3.12. The van der Waals surface area contributed by atoms with Gasteiger partial charge in [-0.1, -0.05) is 30.3 Å². The van der Waals surface area contributed by atoms with Crippen molar-refractivity contribution in [3.63, 3.8) is 0 Å². The van der Waals surface area contributed by atoms with E-state index in [9.17, 15) is 20.3 Å². The van der Waals surface area contributed by atoms with Crippen LogP contribution in [0.3, 0.4) is 0 Å². The fourth-order valence-corrected chi connectivity index (χ4v) is 4.45. The second-order valence-corrected chi connectivity index (χ2v) is 8.94. The Morgan fingerprint density at radius 3 is 2.71 bits per heavy atom. The highest BCUT2D eigenvalue weighted by Gasteiger charge is 2.57. The Labute approximate surface area is 217 Å². The van der Waals surface area contributed by atoms with Crippen LogP contribution in [-0.4, -0.2) is 55.7 Å².